The zero-order valence-electron chi connectivity index (χ0n) is 12.9. The Kier molecular flexibility index (Phi) is 6.61. The Morgan fingerprint density at radius 2 is 2.05 bits per heavy atom. The van der Waals surface area contributed by atoms with Gasteiger partial charge in [0, 0.05) is 0 Å². The van der Waals surface area contributed by atoms with Crippen LogP contribution in [0.15, 0.2) is 21.2 Å². The lowest BCUT2D eigenvalue weighted by atomic mass is 9.82. The molecule has 1 aromatic rings. The molecule has 1 heterocycles. The zero-order chi connectivity index (χ0) is 14.5. The van der Waals surface area contributed by atoms with E-state index in [1.54, 1.807) is 6.26 Å². The summed E-state index contributed by atoms with van der Waals surface area (Å²) in [6.07, 6.45) is 5.25. The molecule has 0 aromatic carbocycles. The molecule has 0 saturated carbocycles. The van der Waals surface area contributed by atoms with Gasteiger partial charge < -0.3 is 9.73 Å². The molecule has 0 saturated heterocycles. The van der Waals surface area contributed by atoms with Crippen LogP contribution in [0.5, 0.6) is 0 Å². The molecule has 0 spiro atoms. The Hall–Kier alpha value is -0.280. The molecule has 0 radical (unpaired) electrons. The first-order valence-corrected chi connectivity index (χ1v) is 8.09. The zero-order valence-corrected chi connectivity index (χ0v) is 14.5. The van der Waals surface area contributed by atoms with Gasteiger partial charge in [0.05, 0.1) is 16.8 Å². The first-order chi connectivity index (χ1) is 8.83. The van der Waals surface area contributed by atoms with Gasteiger partial charge in [-0.15, -0.1) is 0 Å². The van der Waals surface area contributed by atoms with Crippen LogP contribution in [0, 0.1) is 11.3 Å². The quantitative estimate of drug-likeness (QED) is 0.709. The van der Waals surface area contributed by atoms with Crippen molar-refractivity contribution in [1.29, 1.82) is 0 Å². The molecule has 2 atom stereocenters. The molecule has 2 unspecified atom stereocenters. The van der Waals surface area contributed by atoms with E-state index in [1.165, 1.54) is 6.42 Å². The summed E-state index contributed by atoms with van der Waals surface area (Å²) < 4.78 is 6.72. The third-order valence-electron chi connectivity index (χ3n) is 3.20. The fraction of sp³-hybridized carbons (Fsp3) is 0.750. The topological polar surface area (TPSA) is 25.2 Å². The van der Waals surface area contributed by atoms with Crippen LogP contribution in [0.4, 0.5) is 0 Å². The van der Waals surface area contributed by atoms with E-state index in [4.69, 9.17) is 4.42 Å². The first kappa shape index (κ1) is 16.8. The van der Waals surface area contributed by atoms with E-state index in [9.17, 15) is 0 Å². The smallest absolute Gasteiger partial charge is 0.134 e. The molecule has 3 heteroatoms. The van der Waals surface area contributed by atoms with Crippen molar-refractivity contribution >= 4 is 15.9 Å². The third-order valence-corrected chi connectivity index (χ3v) is 3.86. The van der Waals surface area contributed by atoms with E-state index in [1.807, 2.05) is 6.07 Å². The molecule has 0 aliphatic rings. The van der Waals surface area contributed by atoms with E-state index in [-0.39, 0.29) is 0 Å². The maximum atomic E-state index is 5.65. The maximum Gasteiger partial charge on any atom is 0.134 e. The van der Waals surface area contributed by atoms with Crippen LogP contribution in [0.2, 0.25) is 0 Å². The van der Waals surface area contributed by atoms with Gasteiger partial charge in [0.25, 0.3) is 0 Å². The van der Waals surface area contributed by atoms with Crippen molar-refractivity contribution in [3.63, 3.8) is 0 Å². The highest BCUT2D eigenvalue weighted by atomic mass is 79.9. The average Bonchev–Trinajstić information content (AvgIpc) is 2.68. The van der Waals surface area contributed by atoms with Crippen LogP contribution in [0.1, 0.15) is 65.7 Å². The predicted molar refractivity (Wildman–Crippen MR) is 85.3 cm³/mol. The third kappa shape index (κ3) is 6.13. The van der Waals surface area contributed by atoms with Crippen molar-refractivity contribution in [1.82, 2.24) is 5.32 Å². The average molecular weight is 330 g/mol. The molecule has 1 rings (SSSR count). The summed E-state index contributed by atoms with van der Waals surface area (Å²) in [6.45, 7) is 12.5. The molecular weight excluding hydrogens is 302 g/mol. The lowest BCUT2D eigenvalue weighted by Gasteiger charge is -2.26. The first-order valence-electron chi connectivity index (χ1n) is 7.29. The molecule has 19 heavy (non-hydrogen) atoms. The van der Waals surface area contributed by atoms with Crippen LogP contribution in [-0.4, -0.2) is 6.54 Å². The predicted octanol–water partition coefficient (Wildman–Crippen LogP) is 5.55. The summed E-state index contributed by atoms with van der Waals surface area (Å²) in [7, 11) is 0. The summed E-state index contributed by atoms with van der Waals surface area (Å²) in [4.78, 5) is 0. The van der Waals surface area contributed by atoms with E-state index < -0.39 is 0 Å². The number of nitrogens with one attached hydrogen (secondary N) is 1. The van der Waals surface area contributed by atoms with Crippen molar-refractivity contribution < 1.29 is 4.42 Å². The minimum Gasteiger partial charge on any atom is -0.466 e. The number of rotatable bonds is 7. The standard InChI is InChI=1S/C16H28BrNO/c1-6-8-18-14(15-13(17)7-9-19-15)10-12(2)11-16(3,4)5/h7,9,12,14,18H,6,8,10-11H2,1-5H3. The fourth-order valence-corrected chi connectivity index (χ4v) is 3.16. The van der Waals surface area contributed by atoms with Crippen molar-refractivity contribution in [2.75, 3.05) is 6.54 Å². The number of hydrogen-bond acceptors (Lipinski definition) is 2. The van der Waals surface area contributed by atoms with Gasteiger partial charge >= 0.3 is 0 Å². The summed E-state index contributed by atoms with van der Waals surface area (Å²) in [5, 5.41) is 3.61. The molecule has 0 amide bonds. The van der Waals surface area contributed by atoms with E-state index in [0.717, 1.165) is 29.6 Å². The van der Waals surface area contributed by atoms with Crippen LogP contribution in [-0.2, 0) is 0 Å². The Labute approximate surface area is 126 Å². The van der Waals surface area contributed by atoms with Gasteiger partial charge in [0.2, 0.25) is 0 Å². The second-order valence-corrected chi connectivity index (χ2v) is 7.60. The van der Waals surface area contributed by atoms with E-state index in [0.29, 0.717) is 17.4 Å². The molecular formula is C16H28BrNO. The Morgan fingerprint density at radius 3 is 2.53 bits per heavy atom. The lowest BCUT2D eigenvalue weighted by Crippen LogP contribution is -2.25. The highest BCUT2D eigenvalue weighted by molar-refractivity contribution is 9.10. The van der Waals surface area contributed by atoms with Crippen molar-refractivity contribution in [2.24, 2.45) is 11.3 Å². The Balaban J connectivity index is 2.67. The van der Waals surface area contributed by atoms with Crippen LogP contribution in [0.25, 0.3) is 0 Å². The van der Waals surface area contributed by atoms with Crippen LogP contribution in [0.3, 0.4) is 0 Å². The lowest BCUT2D eigenvalue weighted by molar-refractivity contribution is 0.263. The van der Waals surface area contributed by atoms with Crippen molar-refractivity contribution in [3.05, 3.63) is 22.6 Å². The summed E-state index contributed by atoms with van der Waals surface area (Å²) >= 11 is 3.58. The highest BCUT2D eigenvalue weighted by Gasteiger charge is 2.23. The fourth-order valence-electron chi connectivity index (χ4n) is 2.69. The minimum atomic E-state index is 0.307. The Morgan fingerprint density at radius 1 is 1.37 bits per heavy atom. The summed E-state index contributed by atoms with van der Waals surface area (Å²) in [5.74, 6) is 1.71. The molecule has 1 N–H and O–H groups in total. The monoisotopic (exact) mass is 329 g/mol. The highest BCUT2D eigenvalue weighted by Crippen LogP contribution is 2.33. The van der Waals surface area contributed by atoms with E-state index >= 15 is 0 Å². The largest absolute Gasteiger partial charge is 0.466 e. The Bertz CT molecular complexity index is 367. The van der Waals surface area contributed by atoms with Crippen LogP contribution < -0.4 is 5.32 Å². The summed E-state index contributed by atoms with van der Waals surface area (Å²) in [5.41, 5.74) is 0.384. The number of furan rings is 1. The molecule has 110 valence electrons. The van der Waals surface area contributed by atoms with Gasteiger partial charge in [-0.3, -0.25) is 0 Å². The van der Waals surface area contributed by atoms with Gasteiger partial charge in [-0.1, -0.05) is 34.6 Å². The van der Waals surface area contributed by atoms with Gasteiger partial charge in [0.1, 0.15) is 5.76 Å². The van der Waals surface area contributed by atoms with Gasteiger partial charge in [-0.05, 0) is 59.1 Å². The second-order valence-electron chi connectivity index (χ2n) is 6.75. The van der Waals surface area contributed by atoms with Gasteiger partial charge in [-0.25, -0.2) is 0 Å². The maximum absolute atomic E-state index is 5.65. The van der Waals surface area contributed by atoms with Gasteiger partial charge in [-0.2, -0.15) is 0 Å². The van der Waals surface area contributed by atoms with Crippen molar-refractivity contribution in [3.8, 4) is 0 Å². The van der Waals surface area contributed by atoms with Crippen molar-refractivity contribution in [2.45, 2.75) is 59.9 Å². The van der Waals surface area contributed by atoms with Gasteiger partial charge in [0.15, 0.2) is 0 Å². The molecule has 0 aliphatic heterocycles. The second kappa shape index (κ2) is 7.49. The SMILES string of the molecule is CCCNC(CC(C)CC(C)(C)C)c1occc1Br. The van der Waals surface area contributed by atoms with Crippen LogP contribution >= 0.6 is 15.9 Å². The number of halogens is 1. The molecule has 0 bridgehead atoms. The molecule has 0 fully saturated rings. The molecule has 2 nitrogen and oxygen atoms in total. The van der Waals surface area contributed by atoms with E-state index in [2.05, 4.69) is 55.9 Å². The molecule has 0 aliphatic carbocycles. The minimum absolute atomic E-state index is 0.307. The normalized spacial score (nSPS) is 15.5. The molecule has 1 aromatic heterocycles. The summed E-state index contributed by atoms with van der Waals surface area (Å²) in [6, 6.07) is 2.28. The number of hydrogen-bond donors (Lipinski definition) is 1.